The van der Waals surface area contributed by atoms with Crippen LogP contribution in [0.3, 0.4) is 0 Å². The summed E-state index contributed by atoms with van der Waals surface area (Å²) in [5, 5.41) is 3.19. The van der Waals surface area contributed by atoms with Crippen LogP contribution in [-0.2, 0) is 11.3 Å². The summed E-state index contributed by atoms with van der Waals surface area (Å²) < 4.78 is 5.79. The highest BCUT2D eigenvalue weighted by Gasteiger charge is 2.41. The molecular formula is C29H30N2O2. The SMILES string of the molecule is O=C(NC1CC2CCC(C1)N2Cc1ccccc1)OCC1c2ccccc2-c2ccccc21. The first-order valence-corrected chi connectivity index (χ1v) is 12.2. The van der Waals surface area contributed by atoms with Gasteiger partial charge in [-0.1, -0.05) is 78.9 Å². The van der Waals surface area contributed by atoms with Gasteiger partial charge in [-0.3, -0.25) is 4.90 Å². The zero-order valence-corrected chi connectivity index (χ0v) is 18.8. The molecule has 4 nitrogen and oxygen atoms in total. The number of rotatable bonds is 5. The van der Waals surface area contributed by atoms with Gasteiger partial charge in [-0.25, -0.2) is 4.79 Å². The van der Waals surface area contributed by atoms with Gasteiger partial charge in [0.1, 0.15) is 6.61 Å². The Morgan fingerprint density at radius 1 is 0.818 bits per heavy atom. The number of alkyl carbamates (subject to hydrolysis) is 1. The average molecular weight is 439 g/mol. The Bertz CT molecular complexity index is 1090. The maximum absolute atomic E-state index is 12.8. The molecule has 0 saturated carbocycles. The van der Waals surface area contributed by atoms with Gasteiger partial charge in [0, 0.05) is 30.6 Å². The topological polar surface area (TPSA) is 41.6 Å². The molecule has 1 amide bonds. The summed E-state index contributed by atoms with van der Waals surface area (Å²) in [5.74, 6) is 0.104. The predicted molar refractivity (Wildman–Crippen MR) is 130 cm³/mol. The number of amides is 1. The minimum atomic E-state index is -0.280. The molecule has 3 aromatic carbocycles. The fourth-order valence-electron chi connectivity index (χ4n) is 6.25. The third-order valence-corrected chi connectivity index (χ3v) is 7.76. The van der Waals surface area contributed by atoms with E-state index < -0.39 is 0 Å². The van der Waals surface area contributed by atoms with E-state index in [1.807, 2.05) is 0 Å². The van der Waals surface area contributed by atoms with E-state index in [2.05, 4.69) is 89.1 Å². The summed E-state index contributed by atoms with van der Waals surface area (Å²) in [7, 11) is 0. The van der Waals surface area contributed by atoms with E-state index >= 15 is 0 Å². The lowest BCUT2D eigenvalue weighted by molar-refractivity contribution is 0.0971. The van der Waals surface area contributed by atoms with Crippen LogP contribution in [0, 0.1) is 0 Å². The Kier molecular flexibility index (Phi) is 5.39. The van der Waals surface area contributed by atoms with Crippen molar-refractivity contribution in [3.8, 4) is 11.1 Å². The molecule has 2 unspecified atom stereocenters. The van der Waals surface area contributed by atoms with Gasteiger partial charge >= 0.3 is 6.09 Å². The van der Waals surface area contributed by atoms with E-state index in [0.29, 0.717) is 18.7 Å². The Balaban J connectivity index is 1.07. The fourth-order valence-corrected chi connectivity index (χ4v) is 6.25. The molecule has 6 rings (SSSR count). The fraction of sp³-hybridized carbons (Fsp3) is 0.345. The second-order valence-corrected chi connectivity index (χ2v) is 9.68. The molecule has 0 spiro atoms. The Morgan fingerprint density at radius 3 is 2.03 bits per heavy atom. The predicted octanol–water partition coefficient (Wildman–Crippen LogP) is 5.72. The molecule has 1 N–H and O–H groups in total. The van der Waals surface area contributed by atoms with Crippen LogP contribution < -0.4 is 5.32 Å². The van der Waals surface area contributed by atoms with Gasteiger partial charge in [0.2, 0.25) is 0 Å². The summed E-state index contributed by atoms with van der Waals surface area (Å²) >= 11 is 0. The van der Waals surface area contributed by atoms with Crippen LogP contribution in [0.15, 0.2) is 78.9 Å². The second-order valence-electron chi connectivity index (χ2n) is 9.68. The van der Waals surface area contributed by atoms with Crippen LogP contribution in [0.2, 0.25) is 0 Å². The van der Waals surface area contributed by atoms with Crippen molar-refractivity contribution in [2.24, 2.45) is 0 Å². The molecule has 2 aliphatic heterocycles. The monoisotopic (exact) mass is 438 g/mol. The normalized spacial score (nSPS) is 23.7. The molecule has 168 valence electrons. The van der Waals surface area contributed by atoms with Crippen molar-refractivity contribution in [3.05, 3.63) is 95.6 Å². The van der Waals surface area contributed by atoms with Crippen molar-refractivity contribution in [2.75, 3.05) is 6.61 Å². The minimum absolute atomic E-state index is 0.104. The minimum Gasteiger partial charge on any atom is -0.449 e. The summed E-state index contributed by atoms with van der Waals surface area (Å²) in [6.45, 7) is 1.38. The van der Waals surface area contributed by atoms with Crippen molar-refractivity contribution >= 4 is 6.09 Å². The molecule has 2 bridgehead atoms. The Morgan fingerprint density at radius 2 is 1.39 bits per heavy atom. The average Bonchev–Trinajstić information content (AvgIpc) is 3.28. The maximum Gasteiger partial charge on any atom is 0.407 e. The second kappa shape index (κ2) is 8.68. The molecule has 3 aliphatic rings. The Hall–Kier alpha value is -3.11. The summed E-state index contributed by atoms with van der Waals surface area (Å²) in [4.78, 5) is 15.4. The van der Waals surface area contributed by atoms with Gasteiger partial charge in [0.25, 0.3) is 0 Å². The van der Waals surface area contributed by atoms with Crippen LogP contribution in [0.5, 0.6) is 0 Å². The van der Waals surface area contributed by atoms with Crippen molar-refractivity contribution < 1.29 is 9.53 Å². The molecule has 33 heavy (non-hydrogen) atoms. The van der Waals surface area contributed by atoms with E-state index in [9.17, 15) is 4.79 Å². The smallest absolute Gasteiger partial charge is 0.407 e. The standard InChI is InChI=1S/C29H30N2O2/c32-29(33-19-28-26-12-6-4-10-24(26)25-11-5-7-13-27(25)28)30-21-16-22-14-15-23(17-21)31(22)18-20-8-2-1-3-9-20/h1-13,21-23,28H,14-19H2,(H,30,32). The van der Waals surface area contributed by atoms with E-state index in [4.69, 9.17) is 4.74 Å². The van der Waals surface area contributed by atoms with Gasteiger partial charge in [-0.2, -0.15) is 0 Å². The third kappa shape index (κ3) is 3.93. The number of nitrogens with one attached hydrogen (secondary N) is 1. The Labute approximate surface area is 195 Å². The van der Waals surface area contributed by atoms with Gasteiger partial charge < -0.3 is 10.1 Å². The van der Waals surface area contributed by atoms with Crippen molar-refractivity contribution in [1.29, 1.82) is 0 Å². The number of fused-ring (bicyclic) bond motifs is 5. The number of piperidine rings is 1. The van der Waals surface area contributed by atoms with Gasteiger partial charge in [-0.05, 0) is 53.5 Å². The quantitative estimate of drug-likeness (QED) is 0.554. The first kappa shape index (κ1) is 20.5. The summed E-state index contributed by atoms with van der Waals surface area (Å²) in [6, 6.07) is 28.9. The highest BCUT2D eigenvalue weighted by molar-refractivity contribution is 5.79. The van der Waals surface area contributed by atoms with Crippen molar-refractivity contribution in [2.45, 2.75) is 56.3 Å². The van der Waals surface area contributed by atoms with Gasteiger partial charge in [0.15, 0.2) is 0 Å². The lowest BCUT2D eigenvalue weighted by Gasteiger charge is -2.39. The molecule has 2 fully saturated rings. The third-order valence-electron chi connectivity index (χ3n) is 7.76. The van der Waals surface area contributed by atoms with E-state index in [0.717, 1.165) is 19.4 Å². The zero-order chi connectivity index (χ0) is 22.2. The van der Waals surface area contributed by atoms with Crippen LogP contribution in [0.25, 0.3) is 11.1 Å². The zero-order valence-electron chi connectivity index (χ0n) is 18.8. The summed E-state index contributed by atoms with van der Waals surface area (Å²) in [5.41, 5.74) is 6.38. The molecule has 2 saturated heterocycles. The number of carbonyl (C=O) groups is 1. The molecule has 2 atom stereocenters. The maximum atomic E-state index is 12.8. The van der Waals surface area contributed by atoms with Crippen LogP contribution in [0.4, 0.5) is 4.79 Å². The number of hydrogen-bond donors (Lipinski definition) is 1. The first-order chi connectivity index (χ1) is 16.3. The van der Waals surface area contributed by atoms with Gasteiger partial charge in [0.05, 0.1) is 0 Å². The molecule has 0 radical (unpaired) electrons. The van der Waals surface area contributed by atoms with E-state index in [1.165, 1.54) is 40.7 Å². The number of carbonyl (C=O) groups excluding carboxylic acids is 1. The first-order valence-electron chi connectivity index (χ1n) is 12.2. The largest absolute Gasteiger partial charge is 0.449 e. The highest BCUT2D eigenvalue weighted by atomic mass is 16.5. The number of hydrogen-bond acceptors (Lipinski definition) is 3. The number of nitrogens with zero attached hydrogens (tertiary/aromatic N) is 1. The molecule has 3 aromatic rings. The molecular weight excluding hydrogens is 408 g/mol. The van der Waals surface area contributed by atoms with E-state index in [-0.39, 0.29) is 18.1 Å². The molecule has 1 aliphatic carbocycles. The number of ether oxygens (including phenoxy) is 1. The van der Waals surface area contributed by atoms with Gasteiger partial charge in [-0.15, -0.1) is 0 Å². The lowest BCUT2D eigenvalue weighted by Crippen LogP contribution is -2.50. The molecule has 2 heterocycles. The molecule has 0 aromatic heterocycles. The highest BCUT2D eigenvalue weighted by Crippen LogP contribution is 2.44. The van der Waals surface area contributed by atoms with Crippen molar-refractivity contribution in [3.63, 3.8) is 0 Å². The van der Waals surface area contributed by atoms with Crippen LogP contribution in [0.1, 0.15) is 48.3 Å². The van der Waals surface area contributed by atoms with Crippen molar-refractivity contribution in [1.82, 2.24) is 10.2 Å². The van der Waals surface area contributed by atoms with Crippen LogP contribution >= 0.6 is 0 Å². The van der Waals surface area contributed by atoms with E-state index in [1.54, 1.807) is 0 Å². The molecule has 4 heteroatoms. The number of benzene rings is 3. The lowest BCUT2D eigenvalue weighted by atomic mass is 9.96. The summed E-state index contributed by atoms with van der Waals surface area (Å²) in [6.07, 6.45) is 4.18. The van der Waals surface area contributed by atoms with Crippen LogP contribution in [-0.4, -0.2) is 35.7 Å².